The van der Waals surface area contributed by atoms with Crippen LogP contribution in [0.1, 0.15) is 11.3 Å². The highest BCUT2D eigenvalue weighted by atomic mass is 79.9. The molecule has 4 N–H and O–H groups in total. The van der Waals surface area contributed by atoms with Crippen molar-refractivity contribution in [2.24, 2.45) is 5.73 Å². The fourth-order valence-electron chi connectivity index (χ4n) is 3.82. The zero-order chi connectivity index (χ0) is 23.6. The predicted octanol–water partition coefficient (Wildman–Crippen LogP) is 1.66. The van der Waals surface area contributed by atoms with E-state index in [-0.39, 0.29) is 36.7 Å². The van der Waals surface area contributed by atoms with Gasteiger partial charge in [-0.2, -0.15) is 4.31 Å². The van der Waals surface area contributed by atoms with Gasteiger partial charge >= 0.3 is 0 Å². The molecule has 1 aromatic heterocycles. The van der Waals surface area contributed by atoms with Crippen LogP contribution in [0, 0.1) is 0 Å². The third-order valence-corrected chi connectivity index (χ3v) is 7.85. The Morgan fingerprint density at radius 1 is 1.21 bits per heavy atom. The number of amides is 2. The van der Waals surface area contributed by atoms with Crippen molar-refractivity contribution in [3.8, 4) is 0 Å². The predicted molar refractivity (Wildman–Crippen MR) is 126 cm³/mol. The summed E-state index contributed by atoms with van der Waals surface area (Å²) in [7, 11) is -4.06. The van der Waals surface area contributed by atoms with Gasteiger partial charge in [0.15, 0.2) is 0 Å². The lowest BCUT2D eigenvalue weighted by molar-refractivity contribution is -0.136. The number of nitrogens with one attached hydrogen (secondary N) is 2. The molecular weight excluding hydrogens is 512 g/mol. The second kappa shape index (κ2) is 9.64. The number of halogens is 1. The maximum Gasteiger partial charge on any atom is 0.250 e. The number of hydrogen-bond donors (Lipinski definition) is 3. The Morgan fingerprint density at radius 3 is 2.70 bits per heavy atom. The molecule has 0 aliphatic carbocycles. The molecule has 1 unspecified atom stereocenters. The van der Waals surface area contributed by atoms with E-state index in [4.69, 9.17) is 10.5 Å². The normalized spacial score (nSPS) is 17.2. The molecule has 33 heavy (non-hydrogen) atoms. The average Bonchev–Trinajstić information content (AvgIpc) is 3.15. The minimum Gasteiger partial charge on any atom is -0.369 e. The molecule has 1 atom stereocenters. The van der Waals surface area contributed by atoms with E-state index in [2.05, 4.69) is 26.2 Å². The molecule has 1 fully saturated rings. The van der Waals surface area contributed by atoms with Crippen molar-refractivity contribution in [2.45, 2.75) is 24.0 Å². The number of nitrogens with zero attached hydrogens (tertiary/aromatic N) is 1. The first-order valence-corrected chi connectivity index (χ1v) is 12.5. The Hall–Kier alpha value is -2.73. The lowest BCUT2D eigenvalue weighted by atomic mass is 10.2. The molecule has 0 bridgehead atoms. The molecule has 9 nitrogen and oxygen atoms in total. The van der Waals surface area contributed by atoms with Crippen LogP contribution in [0.2, 0.25) is 0 Å². The third-order valence-electron chi connectivity index (χ3n) is 5.37. The van der Waals surface area contributed by atoms with Gasteiger partial charge in [-0.3, -0.25) is 9.59 Å². The molecule has 11 heteroatoms. The number of carbonyl (C=O) groups is 2. The van der Waals surface area contributed by atoms with Crippen LogP contribution >= 0.6 is 15.9 Å². The zero-order valence-electron chi connectivity index (χ0n) is 17.6. The number of carbonyl (C=O) groups excluding carboxylic acids is 2. The summed E-state index contributed by atoms with van der Waals surface area (Å²) in [6, 6.07) is 14.6. The van der Waals surface area contributed by atoms with Crippen LogP contribution in [0.15, 0.2) is 57.9 Å². The first-order chi connectivity index (χ1) is 15.8. The standard InChI is InChI=1S/C22H23BrN4O5S/c23-15-6-7-17-16(10-15)21(18(26-17)11-20(24)28)33(30,31)27-8-9-32-19(13-27)22(29)25-12-14-4-2-1-3-5-14/h1-7,10,19,26H,8-9,11-13H2,(H2,24,28)(H,25,29). The fourth-order valence-corrected chi connectivity index (χ4v) is 5.97. The molecule has 0 radical (unpaired) electrons. The van der Waals surface area contributed by atoms with E-state index in [1.165, 1.54) is 4.31 Å². The van der Waals surface area contributed by atoms with Crippen molar-refractivity contribution < 1.29 is 22.7 Å². The van der Waals surface area contributed by atoms with Gasteiger partial charge in [0.05, 0.1) is 13.0 Å². The van der Waals surface area contributed by atoms with Crippen molar-refractivity contribution in [1.82, 2.24) is 14.6 Å². The number of fused-ring (bicyclic) bond motifs is 1. The largest absolute Gasteiger partial charge is 0.369 e. The highest BCUT2D eigenvalue weighted by Crippen LogP contribution is 2.32. The van der Waals surface area contributed by atoms with E-state index in [0.29, 0.717) is 21.9 Å². The summed E-state index contributed by atoms with van der Waals surface area (Å²) < 4.78 is 34.8. The van der Waals surface area contributed by atoms with Crippen molar-refractivity contribution in [3.63, 3.8) is 0 Å². The van der Waals surface area contributed by atoms with Gasteiger partial charge < -0.3 is 20.8 Å². The number of morpholine rings is 1. The summed E-state index contributed by atoms with van der Waals surface area (Å²) in [5.74, 6) is -1.05. The molecule has 0 saturated carbocycles. The number of H-pyrrole nitrogens is 1. The minimum absolute atomic E-state index is 0.0112. The number of ether oxygens (including phenoxy) is 1. The van der Waals surface area contributed by atoms with Crippen LogP contribution in [0.4, 0.5) is 0 Å². The smallest absolute Gasteiger partial charge is 0.250 e. The van der Waals surface area contributed by atoms with E-state index in [1.54, 1.807) is 18.2 Å². The van der Waals surface area contributed by atoms with Gasteiger partial charge in [-0.05, 0) is 23.8 Å². The van der Waals surface area contributed by atoms with E-state index >= 15 is 0 Å². The van der Waals surface area contributed by atoms with Gasteiger partial charge in [-0.25, -0.2) is 8.42 Å². The second-order valence-corrected chi connectivity index (χ2v) is 10.5. The van der Waals surface area contributed by atoms with Crippen LogP contribution in [-0.2, 0) is 37.3 Å². The van der Waals surface area contributed by atoms with Crippen LogP contribution in [-0.4, -0.2) is 55.3 Å². The molecule has 4 rings (SSSR count). The Labute approximate surface area is 199 Å². The quantitative estimate of drug-likeness (QED) is 0.423. The number of sulfonamides is 1. The van der Waals surface area contributed by atoms with Crippen LogP contribution in [0.3, 0.4) is 0 Å². The Morgan fingerprint density at radius 2 is 1.97 bits per heavy atom. The number of primary amides is 1. The maximum absolute atomic E-state index is 13.7. The molecule has 1 saturated heterocycles. The lowest BCUT2D eigenvalue weighted by Gasteiger charge is -2.31. The van der Waals surface area contributed by atoms with Crippen LogP contribution in [0.5, 0.6) is 0 Å². The van der Waals surface area contributed by atoms with Gasteiger partial charge in [-0.15, -0.1) is 0 Å². The van der Waals surface area contributed by atoms with Gasteiger partial charge in [-0.1, -0.05) is 46.3 Å². The molecule has 0 spiro atoms. The van der Waals surface area contributed by atoms with Gasteiger partial charge in [0, 0.05) is 40.7 Å². The number of aromatic amines is 1. The van der Waals surface area contributed by atoms with Crippen molar-refractivity contribution in [2.75, 3.05) is 19.7 Å². The molecule has 2 aromatic carbocycles. The minimum atomic E-state index is -4.06. The molecule has 174 valence electrons. The summed E-state index contributed by atoms with van der Waals surface area (Å²) in [4.78, 5) is 27.3. The summed E-state index contributed by atoms with van der Waals surface area (Å²) in [6.45, 7) is 0.326. The molecule has 2 amide bonds. The van der Waals surface area contributed by atoms with Crippen LogP contribution < -0.4 is 11.1 Å². The van der Waals surface area contributed by atoms with Crippen molar-refractivity contribution >= 4 is 48.7 Å². The summed E-state index contributed by atoms with van der Waals surface area (Å²) in [6.07, 6.45) is -1.21. The first-order valence-electron chi connectivity index (χ1n) is 10.3. The summed E-state index contributed by atoms with van der Waals surface area (Å²) in [5.41, 5.74) is 7.07. The lowest BCUT2D eigenvalue weighted by Crippen LogP contribution is -2.51. The average molecular weight is 535 g/mol. The Bertz CT molecular complexity index is 1290. The number of hydrogen-bond acceptors (Lipinski definition) is 5. The monoisotopic (exact) mass is 534 g/mol. The van der Waals surface area contributed by atoms with Crippen LogP contribution in [0.25, 0.3) is 10.9 Å². The molecule has 2 heterocycles. The van der Waals surface area contributed by atoms with E-state index < -0.39 is 27.9 Å². The second-order valence-electron chi connectivity index (χ2n) is 7.69. The van der Waals surface area contributed by atoms with Gasteiger partial charge in [0.2, 0.25) is 15.9 Å². The topological polar surface area (TPSA) is 135 Å². The fraction of sp³-hybridized carbons (Fsp3) is 0.273. The van der Waals surface area contributed by atoms with E-state index in [0.717, 1.165) is 5.56 Å². The molecule has 1 aliphatic rings. The van der Waals surface area contributed by atoms with Gasteiger partial charge in [0.25, 0.3) is 5.91 Å². The highest BCUT2D eigenvalue weighted by Gasteiger charge is 2.37. The van der Waals surface area contributed by atoms with Crippen molar-refractivity contribution in [3.05, 3.63) is 64.3 Å². The number of nitrogens with two attached hydrogens (primary N) is 1. The third kappa shape index (κ3) is 5.11. The van der Waals surface area contributed by atoms with E-state index in [1.807, 2.05) is 30.3 Å². The summed E-state index contributed by atoms with van der Waals surface area (Å²) in [5, 5.41) is 3.23. The van der Waals surface area contributed by atoms with Gasteiger partial charge in [0.1, 0.15) is 11.0 Å². The SMILES string of the molecule is NC(=O)Cc1[nH]c2ccc(Br)cc2c1S(=O)(=O)N1CCOC(C(=O)NCc2ccccc2)C1. The molecule has 3 aromatic rings. The number of benzene rings is 2. The Balaban J connectivity index is 1.59. The van der Waals surface area contributed by atoms with Crippen molar-refractivity contribution in [1.29, 1.82) is 0 Å². The van der Waals surface area contributed by atoms with E-state index in [9.17, 15) is 18.0 Å². The summed E-state index contributed by atoms with van der Waals surface area (Å²) >= 11 is 3.37. The number of aromatic nitrogens is 1. The molecule has 1 aliphatic heterocycles. The highest BCUT2D eigenvalue weighted by molar-refractivity contribution is 9.10. The number of rotatable bonds is 7. The first kappa shape index (κ1) is 23.4. The Kier molecular flexibility index (Phi) is 6.84. The maximum atomic E-state index is 13.7. The zero-order valence-corrected chi connectivity index (χ0v) is 20.0. The molecular formula is C22H23BrN4O5S.